The van der Waals surface area contributed by atoms with E-state index in [1.54, 1.807) is 6.07 Å². The van der Waals surface area contributed by atoms with E-state index < -0.39 is 10.0 Å². The van der Waals surface area contributed by atoms with Crippen molar-refractivity contribution in [3.8, 4) is 0 Å². The zero-order chi connectivity index (χ0) is 13.0. The Morgan fingerprint density at radius 2 is 1.89 bits per heavy atom. The van der Waals surface area contributed by atoms with Crippen LogP contribution in [0.1, 0.15) is 38.5 Å². The molecule has 1 aliphatic rings. The number of nitrogens with zero attached hydrogens (tertiary/aromatic N) is 1. The van der Waals surface area contributed by atoms with Crippen LogP contribution in [0.15, 0.2) is 23.2 Å². The smallest absolute Gasteiger partial charge is 0.244 e. The van der Waals surface area contributed by atoms with Crippen molar-refractivity contribution < 1.29 is 8.42 Å². The van der Waals surface area contributed by atoms with Gasteiger partial charge in [0.05, 0.1) is 0 Å². The van der Waals surface area contributed by atoms with Crippen molar-refractivity contribution in [3.05, 3.63) is 18.3 Å². The lowest BCUT2D eigenvalue weighted by atomic mass is 10.1. The Labute approximate surface area is 108 Å². The maximum absolute atomic E-state index is 12.2. The molecule has 1 fully saturated rings. The van der Waals surface area contributed by atoms with Gasteiger partial charge in [0, 0.05) is 12.2 Å². The third kappa shape index (κ3) is 3.20. The van der Waals surface area contributed by atoms with Crippen LogP contribution in [0.5, 0.6) is 0 Å². The minimum Gasteiger partial charge on any atom is -0.383 e. The Bertz CT molecular complexity index is 494. The SMILES string of the molecule is Nc1ncccc1S(=O)(=O)NC1CCCCCC1. The van der Waals surface area contributed by atoms with E-state index in [9.17, 15) is 8.42 Å². The molecule has 18 heavy (non-hydrogen) atoms. The number of nitrogen functional groups attached to an aromatic ring is 1. The lowest BCUT2D eigenvalue weighted by Gasteiger charge is -2.16. The average Bonchev–Trinajstić information content (AvgIpc) is 2.57. The van der Waals surface area contributed by atoms with Crippen LogP contribution < -0.4 is 10.5 Å². The van der Waals surface area contributed by atoms with E-state index in [1.165, 1.54) is 25.1 Å². The molecule has 0 spiro atoms. The molecule has 2 rings (SSSR count). The molecule has 0 saturated heterocycles. The second-order valence-electron chi connectivity index (χ2n) is 4.70. The topological polar surface area (TPSA) is 85.1 Å². The van der Waals surface area contributed by atoms with Crippen LogP contribution in [0.3, 0.4) is 0 Å². The first-order valence-corrected chi connectivity index (χ1v) is 7.81. The van der Waals surface area contributed by atoms with Crippen molar-refractivity contribution in [2.45, 2.75) is 49.5 Å². The van der Waals surface area contributed by atoms with Crippen LogP contribution >= 0.6 is 0 Å². The zero-order valence-electron chi connectivity index (χ0n) is 10.3. The van der Waals surface area contributed by atoms with Gasteiger partial charge >= 0.3 is 0 Å². The summed E-state index contributed by atoms with van der Waals surface area (Å²) in [4.78, 5) is 3.89. The van der Waals surface area contributed by atoms with Gasteiger partial charge in [-0.05, 0) is 25.0 Å². The van der Waals surface area contributed by atoms with Crippen LogP contribution in [-0.4, -0.2) is 19.4 Å². The largest absolute Gasteiger partial charge is 0.383 e. The van der Waals surface area contributed by atoms with Crippen LogP contribution in [0, 0.1) is 0 Å². The van der Waals surface area contributed by atoms with E-state index in [0.29, 0.717) is 0 Å². The molecule has 1 aromatic rings. The maximum atomic E-state index is 12.2. The number of anilines is 1. The summed E-state index contributed by atoms with van der Waals surface area (Å²) in [6, 6.07) is 3.09. The minimum absolute atomic E-state index is 0.0251. The molecule has 0 aliphatic heterocycles. The molecule has 0 atom stereocenters. The third-order valence-corrected chi connectivity index (χ3v) is 4.83. The van der Waals surface area contributed by atoms with Gasteiger partial charge in [0.25, 0.3) is 0 Å². The molecule has 0 unspecified atom stereocenters. The quantitative estimate of drug-likeness (QED) is 0.817. The monoisotopic (exact) mass is 269 g/mol. The molecule has 1 saturated carbocycles. The predicted octanol–water partition coefficient (Wildman–Crippen LogP) is 1.66. The fourth-order valence-corrected chi connectivity index (χ4v) is 3.70. The lowest BCUT2D eigenvalue weighted by molar-refractivity contribution is 0.510. The number of hydrogen-bond acceptors (Lipinski definition) is 4. The van der Waals surface area contributed by atoms with Crippen molar-refractivity contribution in [2.75, 3.05) is 5.73 Å². The van der Waals surface area contributed by atoms with Gasteiger partial charge in [0.2, 0.25) is 10.0 Å². The number of pyridine rings is 1. The summed E-state index contributed by atoms with van der Waals surface area (Å²) in [5.41, 5.74) is 5.61. The normalized spacial score (nSPS) is 18.4. The standard InChI is InChI=1S/C12H19N3O2S/c13-12-11(8-5-9-14-12)18(16,17)15-10-6-3-1-2-4-7-10/h5,8-10,15H,1-4,6-7H2,(H2,13,14). The van der Waals surface area contributed by atoms with Gasteiger partial charge in [0.15, 0.2) is 0 Å². The molecule has 1 aliphatic carbocycles. The minimum atomic E-state index is -3.54. The summed E-state index contributed by atoms with van der Waals surface area (Å²) in [5.74, 6) is 0.0543. The molecule has 100 valence electrons. The number of hydrogen-bond donors (Lipinski definition) is 2. The first-order chi connectivity index (χ1) is 8.59. The van der Waals surface area contributed by atoms with E-state index in [2.05, 4.69) is 9.71 Å². The Kier molecular flexibility index (Phi) is 4.19. The molecule has 0 radical (unpaired) electrons. The van der Waals surface area contributed by atoms with Gasteiger partial charge in [-0.15, -0.1) is 0 Å². The molecular formula is C12H19N3O2S. The highest BCUT2D eigenvalue weighted by Crippen LogP contribution is 2.21. The Morgan fingerprint density at radius 1 is 1.22 bits per heavy atom. The number of nitrogens with one attached hydrogen (secondary N) is 1. The number of aromatic nitrogens is 1. The number of nitrogens with two attached hydrogens (primary N) is 1. The predicted molar refractivity (Wildman–Crippen MR) is 70.5 cm³/mol. The third-order valence-electron chi connectivity index (χ3n) is 3.27. The van der Waals surface area contributed by atoms with Crippen molar-refractivity contribution in [1.29, 1.82) is 0 Å². The van der Waals surface area contributed by atoms with E-state index in [-0.39, 0.29) is 16.8 Å². The molecular weight excluding hydrogens is 250 g/mol. The van der Waals surface area contributed by atoms with Crippen molar-refractivity contribution in [1.82, 2.24) is 9.71 Å². The zero-order valence-corrected chi connectivity index (χ0v) is 11.1. The molecule has 3 N–H and O–H groups in total. The van der Waals surface area contributed by atoms with Crippen LogP contribution in [0.25, 0.3) is 0 Å². The fourth-order valence-electron chi connectivity index (χ4n) is 2.31. The van der Waals surface area contributed by atoms with Gasteiger partial charge in [-0.3, -0.25) is 0 Å². The first-order valence-electron chi connectivity index (χ1n) is 6.32. The van der Waals surface area contributed by atoms with Crippen LogP contribution in [0.4, 0.5) is 5.82 Å². The van der Waals surface area contributed by atoms with E-state index in [0.717, 1.165) is 25.7 Å². The molecule has 1 aromatic heterocycles. The summed E-state index contributed by atoms with van der Waals surface area (Å²) >= 11 is 0. The van der Waals surface area contributed by atoms with E-state index in [1.807, 2.05) is 0 Å². The van der Waals surface area contributed by atoms with Gasteiger partial charge in [-0.25, -0.2) is 18.1 Å². The molecule has 6 heteroatoms. The summed E-state index contributed by atoms with van der Waals surface area (Å²) in [6.07, 6.45) is 7.82. The Hall–Kier alpha value is -1.14. The van der Waals surface area contributed by atoms with Gasteiger partial charge in [-0.2, -0.15) is 0 Å². The maximum Gasteiger partial charge on any atom is 0.244 e. The van der Waals surface area contributed by atoms with E-state index >= 15 is 0 Å². The van der Waals surface area contributed by atoms with Crippen LogP contribution in [0.2, 0.25) is 0 Å². The molecule has 0 amide bonds. The lowest BCUT2D eigenvalue weighted by Crippen LogP contribution is -2.34. The van der Waals surface area contributed by atoms with Gasteiger partial charge in [-0.1, -0.05) is 25.7 Å². The molecule has 5 nitrogen and oxygen atoms in total. The second kappa shape index (κ2) is 5.67. The second-order valence-corrected chi connectivity index (χ2v) is 6.38. The van der Waals surface area contributed by atoms with E-state index in [4.69, 9.17) is 5.73 Å². The fraction of sp³-hybridized carbons (Fsp3) is 0.583. The van der Waals surface area contributed by atoms with Crippen molar-refractivity contribution >= 4 is 15.8 Å². The Morgan fingerprint density at radius 3 is 2.50 bits per heavy atom. The van der Waals surface area contributed by atoms with Crippen molar-refractivity contribution in [3.63, 3.8) is 0 Å². The molecule has 0 bridgehead atoms. The molecule has 1 heterocycles. The highest BCUT2D eigenvalue weighted by atomic mass is 32.2. The van der Waals surface area contributed by atoms with Gasteiger partial charge in [0.1, 0.15) is 10.7 Å². The van der Waals surface area contributed by atoms with Crippen LogP contribution in [-0.2, 0) is 10.0 Å². The number of sulfonamides is 1. The van der Waals surface area contributed by atoms with Gasteiger partial charge < -0.3 is 5.73 Å². The summed E-state index contributed by atoms with van der Waals surface area (Å²) in [6.45, 7) is 0. The molecule has 0 aromatic carbocycles. The highest BCUT2D eigenvalue weighted by molar-refractivity contribution is 7.89. The van der Waals surface area contributed by atoms with Crippen molar-refractivity contribution in [2.24, 2.45) is 0 Å². The first kappa shape index (κ1) is 13.3. The summed E-state index contributed by atoms with van der Waals surface area (Å²) in [7, 11) is -3.54. The average molecular weight is 269 g/mol. The Balaban J connectivity index is 2.14. The number of rotatable bonds is 3. The summed E-state index contributed by atoms with van der Waals surface area (Å²) < 4.78 is 27.1. The summed E-state index contributed by atoms with van der Waals surface area (Å²) in [5, 5.41) is 0. The highest BCUT2D eigenvalue weighted by Gasteiger charge is 2.23.